The van der Waals surface area contributed by atoms with Gasteiger partial charge in [0.1, 0.15) is 0 Å². The van der Waals surface area contributed by atoms with Crippen molar-refractivity contribution in [3.8, 4) is 0 Å². The highest BCUT2D eigenvalue weighted by Crippen LogP contribution is 2.12. The first-order valence-corrected chi connectivity index (χ1v) is 7.49. The molecule has 1 heterocycles. The predicted molar refractivity (Wildman–Crippen MR) is 90.4 cm³/mol. The third-order valence-corrected chi connectivity index (χ3v) is 3.77. The van der Waals surface area contributed by atoms with Crippen LogP contribution in [0.4, 0.5) is 5.69 Å². The highest BCUT2D eigenvalue weighted by atomic mass is 16.2. The average molecular weight is 329 g/mol. The van der Waals surface area contributed by atoms with Gasteiger partial charge in [0.2, 0.25) is 5.91 Å². The Labute approximate surface area is 138 Å². The fourth-order valence-corrected chi connectivity index (χ4v) is 2.35. The van der Waals surface area contributed by atoms with Crippen molar-refractivity contribution < 1.29 is 9.59 Å². The Morgan fingerprint density at radius 2 is 1.96 bits per heavy atom. The Hall–Kier alpha value is -2.96. The largest absolute Gasteiger partial charge is 0.328 e. The average Bonchev–Trinajstić information content (AvgIpc) is 2.52. The SMILES string of the molecule is CC(=O)c1cccc(NC(=O)CCc2c(C)[nH]c(=O)n(C)c2=O)c1. The summed E-state index contributed by atoms with van der Waals surface area (Å²) in [7, 11) is 1.39. The van der Waals surface area contributed by atoms with Gasteiger partial charge in [-0.25, -0.2) is 4.79 Å². The summed E-state index contributed by atoms with van der Waals surface area (Å²) in [5.74, 6) is -0.359. The van der Waals surface area contributed by atoms with E-state index in [1.165, 1.54) is 14.0 Å². The van der Waals surface area contributed by atoms with Crippen molar-refractivity contribution in [2.45, 2.75) is 26.7 Å². The topological polar surface area (TPSA) is 101 Å². The van der Waals surface area contributed by atoms with Crippen molar-refractivity contribution in [2.75, 3.05) is 5.32 Å². The van der Waals surface area contributed by atoms with Gasteiger partial charge in [-0.2, -0.15) is 0 Å². The van der Waals surface area contributed by atoms with Crippen LogP contribution in [0, 0.1) is 6.92 Å². The van der Waals surface area contributed by atoms with Gasteiger partial charge in [0.05, 0.1) is 0 Å². The maximum absolute atomic E-state index is 12.1. The highest BCUT2D eigenvalue weighted by Gasteiger charge is 2.11. The molecule has 0 saturated carbocycles. The van der Waals surface area contributed by atoms with Crippen molar-refractivity contribution in [2.24, 2.45) is 7.05 Å². The van der Waals surface area contributed by atoms with E-state index in [4.69, 9.17) is 0 Å². The quantitative estimate of drug-likeness (QED) is 0.804. The number of aromatic amines is 1. The molecule has 1 aromatic heterocycles. The first-order valence-electron chi connectivity index (χ1n) is 7.49. The molecular weight excluding hydrogens is 310 g/mol. The summed E-state index contributed by atoms with van der Waals surface area (Å²) < 4.78 is 0.983. The van der Waals surface area contributed by atoms with Gasteiger partial charge in [-0.3, -0.25) is 19.0 Å². The monoisotopic (exact) mass is 329 g/mol. The van der Waals surface area contributed by atoms with E-state index >= 15 is 0 Å². The third kappa shape index (κ3) is 3.87. The van der Waals surface area contributed by atoms with Crippen LogP contribution in [0.1, 0.15) is 35.0 Å². The molecule has 0 saturated heterocycles. The number of Topliss-reactive ketones (excluding diaryl/α,β-unsaturated/α-hetero) is 1. The molecular formula is C17H19N3O4. The van der Waals surface area contributed by atoms with Gasteiger partial charge in [-0.1, -0.05) is 12.1 Å². The molecule has 0 aliphatic carbocycles. The van der Waals surface area contributed by atoms with E-state index in [1.54, 1.807) is 31.2 Å². The van der Waals surface area contributed by atoms with Crippen LogP contribution >= 0.6 is 0 Å². The highest BCUT2D eigenvalue weighted by molar-refractivity contribution is 5.97. The standard InChI is InChI=1S/C17H19N3O4/c1-10-14(16(23)20(3)17(24)18-10)7-8-15(22)19-13-6-4-5-12(9-13)11(2)21/h4-6,9H,7-8H2,1-3H3,(H,18,24)(H,19,22). The molecule has 7 heteroatoms. The number of aryl methyl sites for hydroxylation is 1. The second kappa shape index (κ2) is 7.08. The van der Waals surface area contributed by atoms with Crippen LogP contribution in [-0.2, 0) is 18.3 Å². The van der Waals surface area contributed by atoms with Gasteiger partial charge in [0.25, 0.3) is 5.56 Å². The first-order chi connectivity index (χ1) is 11.3. The molecule has 2 rings (SSSR count). The third-order valence-electron chi connectivity index (χ3n) is 3.77. The van der Waals surface area contributed by atoms with Crippen LogP contribution in [0.2, 0.25) is 0 Å². The van der Waals surface area contributed by atoms with Gasteiger partial charge in [0, 0.05) is 36.0 Å². The normalized spacial score (nSPS) is 10.5. The van der Waals surface area contributed by atoms with E-state index < -0.39 is 11.2 Å². The van der Waals surface area contributed by atoms with Gasteiger partial charge in [-0.15, -0.1) is 0 Å². The maximum atomic E-state index is 12.1. The molecule has 0 fully saturated rings. The van der Waals surface area contributed by atoms with Crippen molar-refractivity contribution in [3.63, 3.8) is 0 Å². The molecule has 1 aromatic carbocycles. The molecule has 2 N–H and O–H groups in total. The van der Waals surface area contributed by atoms with Gasteiger partial charge in [0.15, 0.2) is 5.78 Å². The molecule has 0 aliphatic rings. The number of H-pyrrole nitrogens is 1. The lowest BCUT2D eigenvalue weighted by Gasteiger charge is -2.08. The molecule has 1 amide bonds. The minimum Gasteiger partial charge on any atom is -0.326 e. The van der Waals surface area contributed by atoms with E-state index in [1.807, 2.05) is 0 Å². The van der Waals surface area contributed by atoms with Crippen LogP contribution in [0.5, 0.6) is 0 Å². The van der Waals surface area contributed by atoms with Crippen LogP contribution < -0.4 is 16.6 Å². The van der Waals surface area contributed by atoms with Crippen LogP contribution in [0.15, 0.2) is 33.9 Å². The number of ketones is 1. The summed E-state index contributed by atoms with van der Waals surface area (Å²) in [5, 5.41) is 2.70. The smallest absolute Gasteiger partial charge is 0.326 e. The van der Waals surface area contributed by atoms with Gasteiger partial charge >= 0.3 is 5.69 Å². The molecule has 0 spiro atoms. The summed E-state index contributed by atoms with van der Waals surface area (Å²) >= 11 is 0. The number of amides is 1. The molecule has 2 aromatic rings. The van der Waals surface area contributed by atoms with Crippen molar-refractivity contribution in [1.29, 1.82) is 0 Å². The second-order valence-electron chi connectivity index (χ2n) is 5.58. The molecule has 7 nitrogen and oxygen atoms in total. The number of aromatic nitrogens is 2. The molecule has 24 heavy (non-hydrogen) atoms. The molecule has 0 aliphatic heterocycles. The Morgan fingerprint density at radius 1 is 1.25 bits per heavy atom. The lowest BCUT2D eigenvalue weighted by Crippen LogP contribution is -2.36. The van der Waals surface area contributed by atoms with Crippen LogP contribution in [0.3, 0.4) is 0 Å². The zero-order chi connectivity index (χ0) is 17.9. The van der Waals surface area contributed by atoms with E-state index in [-0.39, 0.29) is 24.5 Å². The lowest BCUT2D eigenvalue weighted by molar-refractivity contribution is -0.116. The number of carbonyl (C=O) groups excluding carboxylic acids is 2. The Bertz CT molecular complexity index is 909. The number of carbonyl (C=O) groups is 2. The number of benzene rings is 1. The minimum atomic E-state index is -0.480. The summed E-state index contributed by atoms with van der Waals surface area (Å²) in [6.07, 6.45) is 0.305. The van der Waals surface area contributed by atoms with Gasteiger partial charge in [-0.05, 0) is 32.4 Å². The van der Waals surface area contributed by atoms with Crippen LogP contribution in [-0.4, -0.2) is 21.2 Å². The zero-order valence-corrected chi connectivity index (χ0v) is 13.8. The van der Waals surface area contributed by atoms with E-state index in [0.717, 1.165) is 4.57 Å². The van der Waals surface area contributed by atoms with E-state index in [0.29, 0.717) is 22.5 Å². The van der Waals surface area contributed by atoms with E-state index in [9.17, 15) is 19.2 Å². The van der Waals surface area contributed by atoms with Crippen LogP contribution in [0.25, 0.3) is 0 Å². The minimum absolute atomic E-state index is 0.0848. The Morgan fingerprint density at radius 3 is 2.62 bits per heavy atom. The van der Waals surface area contributed by atoms with Crippen molar-refractivity contribution in [3.05, 3.63) is 61.9 Å². The number of hydrogen-bond donors (Lipinski definition) is 2. The number of hydrogen-bond acceptors (Lipinski definition) is 4. The number of nitrogens with zero attached hydrogens (tertiary/aromatic N) is 1. The first kappa shape index (κ1) is 17.4. The number of nitrogens with one attached hydrogen (secondary N) is 2. The fourth-order valence-electron chi connectivity index (χ4n) is 2.35. The summed E-state index contributed by atoms with van der Waals surface area (Å²) in [5.41, 5.74) is 1.03. The fraction of sp³-hybridized carbons (Fsp3) is 0.294. The second-order valence-corrected chi connectivity index (χ2v) is 5.58. The molecule has 0 atom stereocenters. The summed E-state index contributed by atoms with van der Waals surface area (Å²) in [4.78, 5) is 49.5. The molecule has 126 valence electrons. The Balaban J connectivity index is 2.08. The molecule has 0 radical (unpaired) electrons. The molecule has 0 unspecified atom stereocenters. The molecule has 0 bridgehead atoms. The maximum Gasteiger partial charge on any atom is 0.328 e. The van der Waals surface area contributed by atoms with Crippen molar-refractivity contribution in [1.82, 2.24) is 9.55 Å². The van der Waals surface area contributed by atoms with Crippen molar-refractivity contribution >= 4 is 17.4 Å². The Kier molecular flexibility index (Phi) is 5.13. The number of rotatable bonds is 5. The van der Waals surface area contributed by atoms with E-state index in [2.05, 4.69) is 10.3 Å². The predicted octanol–water partition coefficient (Wildman–Crippen LogP) is 1.16. The lowest BCUT2D eigenvalue weighted by atomic mass is 10.1. The van der Waals surface area contributed by atoms with Gasteiger partial charge < -0.3 is 10.3 Å². The summed E-state index contributed by atoms with van der Waals surface area (Å²) in [6, 6.07) is 6.65. The summed E-state index contributed by atoms with van der Waals surface area (Å²) in [6.45, 7) is 3.09. The zero-order valence-electron chi connectivity index (χ0n) is 13.8. The number of anilines is 1.